The van der Waals surface area contributed by atoms with Crippen LogP contribution < -0.4 is 0 Å². The van der Waals surface area contributed by atoms with Crippen LogP contribution in [0.3, 0.4) is 0 Å². The van der Waals surface area contributed by atoms with E-state index in [-0.39, 0.29) is 0 Å². The quantitative estimate of drug-likeness (QED) is 0.687. The number of hydrogen-bond acceptors (Lipinski definition) is 1. The zero-order valence-electron chi connectivity index (χ0n) is 10.9. The van der Waals surface area contributed by atoms with Gasteiger partial charge in [0.05, 0.1) is 0 Å². The summed E-state index contributed by atoms with van der Waals surface area (Å²) in [5.74, 6) is 2.93. The summed E-state index contributed by atoms with van der Waals surface area (Å²) in [7, 11) is 0. The van der Waals surface area contributed by atoms with Gasteiger partial charge in [-0.3, -0.25) is 4.90 Å². The first kappa shape index (κ1) is 11.4. The lowest BCUT2D eigenvalue weighted by atomic mass is 9.81. The highest BCUT2D eigenvalue weighted by Crippen LogP contribution is 2.42. The minimum absolute atomic E-state index is 0.753. The summed E-state index contributed by atoms with van der Waals surface area (Å²) in [4.78, 5) is 2.77. The Morgan fingerprint density at radius 2 is 1.67 bits per heavy atom. The summed E-state index contributed by atoms with van der Waals surface area (Å²) in [6, 6.07) is 1.68. The first-order valence-corrected chi connectivity index (χ1v) is 6.85. The largest absolute Gasteiger partial charge is 0.298 e. The van der Waals surface area contributed by atoms with Crippen LogP contribution in [0.4, 0.5) is 0 Å². The van der Waals surface area contributed by atoms with Crippen LogP contribution in [0.5, 0.6) is 0 Å². The molecule has 0 aromatic carbocycles. The second-order valence-electron chi connectivity index (χ2n) is 6.26. The van der Waals surface area contributed by atoms with E-state index in [1.807, 2.05) is 0 Å². The average molecular weight is 209 g/mol. The Morgan fingerprint density at radius 1 is 1.00 bits per heavy atom. The molecule has 0 N–H and O–H groups in total. The van der Waals surface area contributed by atoms with Gasteiger partial charge in [-0.1, -0.05) is 13.8 Å². The Balaban J connectivity index is 1.99. The maximum atomic E-state index is 2.77. The average Bonchev–Trinajstić information content (AvgIpc) is 2.99. The van der Waals surface area contributed by atoms with Crippen molar-refractivity contribution in [2.24, 2.45) is 17.8 Å². The lowest BCUT2D eigenvalue weighted by Crippen LogP contribution is -2.48. The van der Waals surface area contributed by atoms with Gasteiger partial charge in [0, 0.05) is 12.1 Å². The molecule has 0 aromatic rings. The van der Waals surface area contributed by atoms with Crippen LogP contribution in [0.25, 0.3) is 0 Å². The van der Waals surface area contributed by atoms with Gasteiger partial charge >= 0.3 is 0 Å². The first-order chi connectivity index (χ1) is 7.09. The van der Waals surface area contributed by atoms with Gasteiger partial charge in [-0.05, 0) is 63.8 Å². The molecule has 2 rings (SSSR count). The Kier molecular flexibility index (Phi) is 3.39. The highest BCUT2D eigenvalue weighted by atomic mass is 15.2. The van der Waals surface area contributed by atoms with Crippen LogP contribution in [0.1, 0.15) is 53.4 Å². The Morgan fingerprint density at radius 3 is 2.13 bits per heavy atom. The molecule has 2 unspecified atom stereocenters. The van der Waals surface area contributed by atoms with E-state index in [1.54, 1.807) is 0 Å². The normalized spacial score (nSPS) is 34.0. The maximum absolute atomic E-state index is 2.77. The maximum Gasteiger partial charge on any atom is 0.0129 e. The Bertz CT molecular complexity index is 205. The molecule has 1 aliphatic heterocycles. The van der Waals surface area contributed by atoms with Crippen molar-refractivity contribution >= 4 is 0 Å². The summed E-state index contributed by atoms with van der Waals surface area (Å²) in [6.45, 7) is 10.9. The number of rotatable bonds is 3. The molecule has 2 fully saturated rings. The molecule has 0 bridgehead atoms. The molecular formula is C14H27N. The Labute approximate surface area is 95.2 Å². The fourth-order valence-electron chi connectivity index (χ4n) is 3.24. The molecule has 1 saturated carbocycles. The fraction of sp³-hybridized carbons (Fsp3) is 1.00. The summed E-state index contributed by atoms with van der Waals surface area (Å²) in [5.41, 5.74) is 0. The third kappa shape index (κ3) is 2.55. The molecule has 0 spiro atoms. The van der Waals surface area contributed by atoms with Gasteiger partial charge < -0.3 is 0 Å². The molecule has 0 radical (unpaired) electrons. The SMILES string of the molecule is CC(C)C1CCN(C(C)C)C(C2CC2)C1. The molecule has 88 valence electrons. The van der Waals surface area contributed by atoms with Gasteiger partial charge in [0.15, 0.2) is 0 Å². The molecule has 1 aliphatic carbocycles. The van der Waals surface area contributed by atoms with E-state index in [9.17, 15) is 0 Å². The van der Waals surface area contributed by atoms with Gasteiger partial charge in [0.25, 0.3) is 0 Å². The van der Waals surface area contributed by atoms with Crippen molar-refractivity contribution in [3.63, 3.8) is 0 Å². The number of piperidine rings is 1. The van der Waals surface area contributed by atoms with Crippen molar-refractivity contribution in [2.45, 2.75) is 65.5 Å². The van der Waals surface area contributed by atoms with Gasteiger partial charge in [-0.15, -0.1) is 0 Å². The number of nitrogens with zero attached hydrogens (tertiary/aromatic N) is 1. The summed E-state index contributed by atoms with van der Waals surface area (Å²) in [5, 5.41) is 0. The molecule has 1 heteroatoms. The van der Waals surface area contributed by atoms with E-state index in [1.165, 1.54) is 32.2 Å². The second kappa shape index (κ2) is 4.45. The fourth-order valence-corrected chi connectivity index (χ4v) is 3.24. The zero-order chi connectivity index (χ0) is 11.0. The Hall–Kier alpha value is -0.0400. The van der Waals surface area contributed by atoms with Crippen molar-refractivity contribution < 1.29 is 0 Å². The van der Waals surface area contributed by atoms with Gasteiger partial charge in [-0.25, -0.2) is 0 Å². The molecular weight excluding hydrogens is 182 g/mol. The molecule has 0 aromatic heterocycles. The topological polar surface area (TPSA) is 3.24 Å². The smallest absolute Gasteiger partial charge is 0.0129 e. The van der Waals surface area contributed by atoms with Crippen LogP contribution >= 0.6 is 0 Å². The minimum atomic E-state index is 0.753. The zero-order valence-corrected chi connectivity index (χ0v) is 10.9. The summed E-state index contributed by atoms with van der Waals surface area (Å²) in [6.07, 6.45) is 5.90. The number of hydrogen-bond donors (Lipinski definition) is 0. The predicted molar refractivity (Wildman–Crippen MR) is 65.9 cm³/mol. The van der Waals surface area contributed by atoms with E-state index in [4.69, 9.17) is 0 Å². The standard InChI is InChI=1S/C14H27N/c1-10(2)13-7-8-15(11(3)4)14(9-13)12-5-6-12/h10-14H,5-9H2,1-4H3. The molecule has 2 aliphatic rings. The third-order valence-electron chi connectivity index (χ3n) is 4.50. The van der Waals surface area contributed by atoms with Crippen LogP contribution in [0, 0.1) is 17.8 Å². The van der Waals surface area contributed by atoms with Crippen LogP contribution in [-0.4, -0.2) is 23.5 Å². The molecule has 2 atom stereocenters. The van der Waals surface area contributed by atoms with Gasteiger partial charge in [0.1, 0.15) is 0 Å². The highest BCUT2D eigenvalue weighted by Gasteiger charge is 2.40. The molecule has 0 amide bonds. The highest BCUT2D eigenvalue weighted by molar-refractivity contribution is 4.94. The van der Waals surface area contributed by atoms with Crippen molar-refractivity contribution in [3.05, 3.63) is 0 Å². The lowest BCUT2D eigenvalue weighted by Gasteiger charge is -2.43. The minimum Gasteiger partial charge on any atom is -0.298 e. The summed E-state index contributed by atoms with van der Waals surface area (Å²) < 4.78 is 0. The lowest BCUT2D eigenvalue weighted by molar-refractivity contribution is 0.0542. The number of likely N-dealkylation sites (tertiary alicyclic amines) is 1. The van der Waals surface area contributed by atoms with E-state index < -0.39 is 0 Å². The van der Waals surface area contributed by atoms with Crippen molar-refractivity contribution in [1.82, 2.24) is 4.90 Å². The third-order valence-corrected chi connectivity index (χ3v) is 4.50. The molecule has 1 heterocycles. The van der Waals surface area contributed by atoms with E-state index in [0.717, 1.165) is 29.8 Å². The second-order valence-corrected chi connectivity index (χ2v) is 6.26. The van der Waals surface area contributed by atoms with Crippen molar-refractivity contribution in [2.75, 3.05) is 6.54 Å². The van der Waals surface area contributed by atoms with Crippen LogP contribution in [0.15, 0.2) is 0 Å². The van der Waals surface area contributed by atoms with Gasteiger partial charge in [0.2, 0.25) is 0 Å². The van der Waals surface area contributed by atoms with Crippen LogP contribution in [-0.2, 0) is 0 Å². The first-order valence-electron chi connectivity index (χ1n) is 6.85. The van der Waals surface area contributed by atoms with Gasteiger partial charge in [-0.2, -0.15) is 0 Å². The van der Waals surface area contributed by atoms with Crippen LogP contribution in [0.2, 0.25) is 0 Å². The van der Waals surface area contributed by atoms with Crippen molar-refractivity contribution in [1.29, 1.82) is 0 Å². The molecule has 1 nitrogen and oxygen atoms in total. The predicted octanol–water partition coefficient (Wildman–Crippen LogP) is 3.54. The van der Waals surface area contributed by atoms with E-state index in [2.05, 4.69) is 32.6 Å². The summed E-state index contributed by atoms with van der Waals surface area (Å²) >= 11 is 0. The van der Waals surface area contributed by atoms with E-state index >= 15 is 0 Å². The van der Waals surface area contributed by atoms with Crippen molar-refractivity contribution in [3.8, 4) is 0 Å². The molecule has 15 heavy (non-hydrogen) atoms. The van der Waals surface area contributed by atoms with E-state index in [0.29, 0.717) is 0 Å². The monoisotopic (exact) mass is 209 g/mol. The molecule has 1 saturated heterocycles.